The molecule has 16 heavy (non-hydrogen) atoms. The Bertz CT molecular complexity index is 326. The number of hydrogen-bond acceptors (Lipinski definition) is 3. The summed E-state index contributed by atoms with van der Waals surface area (Å²) >= 11 is 0. The molecule has 90 valence electrons. The number of benzene rings is 1. The second kappa shape index (κ2) is 6.38. The summed E-state index contributed by atoms with van der Waals surface area (Å²) in [5.74, 6) is 1.61. The second-order valence-electron chi connectivity index (χ2n) is 3.75. The Hall–Kier alpha value is -1.22. The van der Waals surface area contributed by atoms with Crippen molar-refractivity contribution in [2.75, 3.05) is 13.7 Å². The topological polar surface area (TPSA) is 44.5 Å². The van der Waals surface area contributed by atoms with Crippen LogP contribution in [0, 0.1) is 0 Å². The first kappa shape index (κ1) is 12.8. The van der Waals surface area contributed by atoms with Crippen molar-refractivity contribution >= 4 is 0 Å². The molecule has 0 saturated carbocycles. The number of para-hydroxylation sites is 1. The maximum absolute atomic E-state index is 5.97. The molecule has 1 atom stereocenters. The number of hydrogen-bond donors (Lipinski definition) is 1. The molecule has 0 amide bonds. The van der Waals surface area contributed by atoms with Gasteiger partial charge in [0.25, 0.3) is 0 Å². The smallest absolute Gasteiger partial charge is 0.164 e. The molecule has 1 rings (SSSR count). The largest absolute Gasteiger partial charge is 0.493 e. The minimum Gasteiger partial charge on any atom is -0.493 e. The van der Waals surface area contributed by atoms with Crippen molar-refractivity contribution in [2.45, 2.75) is 32.7 Å². The highest BCUT2D eigenvalue weighted by Gasteiger charge is 2.12. The zero-order valence-corrected chi connectivity index (χ0v) is 10.3. The van der Waals surface area contributed by atoms with E-state index in [-0.39, 0.29) is 6.04 Å². The van der Waals surface area contributed by atoms with Crippen LogP contribution in [0.2, 0.25) is 0 Å². The molecule has 0 aliphatic carbocycles. The average molecular weight is 223 g/mol. The highest BCUT2D eigenvalue weighted by molar-refractivity contribution is 5.47. The van der Waals surface area contributed by atoms with E-state index in [1.165, 1.54) is 0 Å². The first-order chi connectivity index (χ1) is 7.72. The van der Waals surface area contributed by atoms with Gasteiger partial charge in [-0.2, -0.15) is 0 Å². The number of ether oxygens (including phenoxy) is 2. The Morgan fingerprint density at radius 3 is 2.62 bits per heavy atom. The highest BCUT2D eigenvalue weighted by Crippen LogP contribution is 2.31. The third-order valence-electron chi connectivity index (χ3n) is 2.58. The molecule has 1 aromatic carbocycles. The van der Waals surface area contributed by atoms with Crippen LogP contribution >= 0.6 is 0 Å². The summed E-state index contributed by atoms with van der Waals surface area (Å²) in [6.07, 6.45) is 1.78. The lowest BCUT2D eigenvalue weighted by molar-refractivity contribution is 0.307. The third kappa shape index (κ3) is 3.14. The van der Waals surface area contributed by atoms with E-state index in [4.69, 9.17) is 15.2 Å². The van der Waals surface area contributed by atoms with Crippen molar-refractivity contribution in [3.63, 3.8) is 0 Å². The average Bonchev–Trinajstić information content (AvgIpc) is 2.31. The van der Waals surface area contributed by atoms with Gasteiger partial charge in [-0.05, 0) is 31.4 Å². The Morgan fingerprint density at radius 1 is 1.31 bits per heavy atom. The lowest BCUT2D eigenvalue weighted by Gasteiger charge is -2.16. The maximum atomic E-state index is 5.97. The molecule has 3 heteroatoms. The number of nitrogens with two attached hydrogens (primary N) is 1. The molecule has 0 spiro atoms. The Balaban J connectivity index is 2.96. The molecule has 0 radical (unpaired) electrons. The van der Waals surface area contributed by atoms with E-state index in [2.05, 4.69) is 6.92 Å². The van der Waals surface area contributed by atoms with Gasteiger partial charge in [0.2, 0.25) is 0 Å². The maximum Gasteiger partial charge on any atom is 0.164 e. The SMILES string of the molecule is CCOc1c(CC(N)CC)cccc1OC. The fraction of sp³-hybridized carbons (Fsp3) is 0.538. The molecule has 3 nitrogen and oxygen atoms in total. The molecule has 0 heterocycles. The van der Waals surface area contributed by atoms with E-state index in [9.17, 15) is 0 Å². The molecule has 1 aromatic rings. The van der Waals surface area contributed by atoms with E-state index >= 15 is 0 Å². The zero-order valence-electron chi connectivity index (χ0n) is 10.3. The van der Waals surface area contributed by atoms with Crippen molar-refractivity contribution in [1.82, 2.24) is 0 Å². The van der Waals surface area contributed by atoms with Gasteiger partial charge in [-0.3, -0.25) is 0 Å². The Kier molecular flexibility index (Phi) is 5.12. The van der Waals surface area contributed by atoms with Gasteiger partial charge in [0.15, 0.2) is 11.5 Å². The van der Waals surface area contributed by atoms with Crippen LogP contribution in [0.4, 0.5) is 0 Å². The van der Waals surface area contributed by atoms with Crippen LogP contribution in [0.15, 0.2) is 18.2 Å². The van der Waals surface area contributed by atoms with E-state index in [0.29, 0.717) is 6.61 Å². The van der Waals surface area contributed by atoms with Crippen LogP contribution in [0.5, 0.6) is 11.5 Å². The van der Waals surface area contributed by atoms with Gasteiger partial charge in [-0.1, -0.05) is 19.1 Å². The highest BCUT2D eigenvalue weighted by atomic mass is 16.5. The molecule has 2 N–H and O–H groups in total. The quantitative estimate of drug-likeness (QED) is 0.805. The van der Waals surface area contributed by atoms with Gasteiger partial charge in [0.1, 0.15) is 0 Å². The summed E-state index contributed by atoms with van der Waals surface area (Å²) in [6.45, 7) is 4.69. The van der Waals surface area contributed by atoms with Crippen LogP contribution in [0.25, 0.3) is 0 Å². The van der Waals surface area contributed by atoms with E-state index in [1.54, 1.807) is 7.11 Å². The lowest BCUT2D eigenvalue weighted by Crippen LogP contribution is -2.21. The normalized spacial score (nSPS) is 12.2. The van der Waals surface area contributed by atoms with Crippen molar-refractivity contribution in [3.05, 3.63) is 23.8 Å². The van der Waals surface area contributed by atoms with Crippen molar-refractivity contribution < 1.29 is 9.47 Å². The third-order valence-corrected chi connectivity index (χ3v) is 2.58. The minimum atomic E-state index is 0.173. The summed E-state index contributed by atoms with van der Waals surface area (Å²) in [4.78, 5) is 0. The van der Waals surface area contributed by atoms with E-state index < -0.39 is 0 Å². The summed E-state index contributed by atoms with van der Waals surface area (Å²) in [5.41, 5.74) is 7.09. The standard InChI is InChI=1S/C13H21NO2/c1-4-11(14)9-10-7-6-8-12(15-3)13(10)16-5-2/h6-8,11H,4-5,9,14H2,1-3H3. The minimum absolute atomic E-state index is 0.173. The summed E-state index contributed by atoms with van der Waals surface area (Å²) < 4.78 is 10.9. The van der Waals surface area contributed by atoms with Crippen LogP contribution in [0.3, 0.4) is 0 Å². The Morgan fingerprint density at radius 2 is 2.06 bits per heavy atom. The number of rotatable bonds is 6. The predicted octanol–water partition coefficient (Wildman–Crippen LogP) is 2.37. The monoisotopic (exact) mass is 223 g/mol. The van der Waals surface area contributed by atoms with Crippen LogP contribution < -0.4 is 15.2 Å². The molecular formula is C13H21NO2. The molecule has 0 aliphatic rings. The molecule has 0 saturated heterocycles. The van der Waals surface area contributed by atoms with Crippen molar-refractivity contribution in [1.29, 1.82) is 0 Å². The lowest BCUT2D eigenvalue weighted by atomic mass is 10.0. The first-order valence-corrected chi connectivity index (χ1v) is 5.77. The van der Waals surface area contributed by atoms with Crippen molar-refractivity contribution in [3.8, 4) is 11.5 Å². The first-order valence-electron chi connectivity index (χ1n) is 5.77. The van der Waals surface area contributed by atoms with E-state index in [0.717, 1.165) is 29.9 Å². The van der Waals surface area contributed by atoms with Gasteiger partial charge in [-0.15, -0.1) is 0 Å². The molecule has 0 aliphatic heterocycles. The predicted molar refractivity (Wildman–Crippen MR) is 66.1 cm³/mol. The Labute approximate surface area is 97.6 Å². The fourth-order valence-electron chi connectivity index (χ4n) is 1.62. The second-order valence-corrected chi connectivity index (χ2v) is 3.75. The van der Waals surface area contributed by atoms with Gasteiger partial charge in [-0.25, -0.2) is 0 Å². The molecule has 0 fully saturated rings. The van der Waals surface area contributed by atoms with Gasteiger partial charge >= 0.3 is 0 Å². The molecule has 0 bridgehead atoms. The van der Waals surface area contributed by atoms with Crippen LogP contribution in [0.1, 0.15) is 25.8 Å². The van der Waals surface area contributed by atoms with Gasteiger partial charge in [0.05, 0.1) is 13.7 Å². The molecular weight excluding hydrogens is 202 g/mol. The van der Waals surface area contributed by atoms with Crippen LogP contribution in [-0.4, -0.2) is 19.8 Å². The fourth-order valence-corrected chi connectivity index (χ4v) is 1.62. The summed E-state index contributed by atoms with van der Waals surface area (Å²) in [6, 6.07) is 6.10. The van der Waals surface area contributed by atoms with Crippen molar-refractivity contribution in [2.24, 2.45) is 5.73 Å². The molecule has 1 unspecified atom stereocenters. The van der Waals surface area contributed by atoms with Gasteiger partial charge in [0, 0.05) is 6.04 Å². The summed E-state index contributed by atoms with van der Waals surface area (Å²) in [7, 11) is 1.65. The zero-order chi connectivity index (χ0) is 12.0. The summed E-state index contributed by atoms with van der Waals surface area (Å²) in [5, 5.41) is 0. The van der Waals surface area contributed by atoms with Gasteiger partial charge < -0.3 is 15.2 Å². The van der Waals surface area contributed by atoms with E-state index in [1.807, 2.05) is 25.1 Å². The van der Waals surface area contributed by atoms with Crippen LogP contribution in [-0.2, 0) is 6.42 Å². The molecule has 0 aromatic heterocycles. The number of methoxy groups -OCH3 is 1.